The third-order valence-corrected chi connectivity index (χ3v) is 7.49. The Balaban J connectivity index is 2.04. The second-order valence-electron chi connectivity index (χ2n) is 7.74. The lowest BCUT2D eigenvalue weighted by Gasteiger charge is -2.60. The van der Waals surface area contributed by atoms with E-state index in [9.17, 15) is 4.79 Å². The van der Waals surface area contributed by atoms with Gasteiger partial charge in [-0.15, -0.1) is 0 Å². The SMILES string of the molecule is C=CC(=O)OC1C2CCC(C)(C2(C)C)C12CCC2C. The highest BCUT2D eigenvalue weighted by Gasteiger charge is 2.77. The van der Waals surface area contributed by atoms with Crippen LogP contribution in [0.1, 0.15) is 53.4 Å². The van der Waals surface area contributed by atoms with Gasteiger partial charge in [0.15, 0.2) is 0 Å². The van der Waals surface area contributed by atoms with Crippen molar-refractivity contribution >= 4 is 5.97 Å². The topological polar surface area (TPSA) is 26.3 Å². The maximum Gasteiger partial charge on any atom is 0.330 e. The third kappa shape index (κ3) is 1.22. The van der Waals surface area contributed by atoms with Gasteiger partial charge >= 0.3 is 5.97 Å². The van der Waals surface area contributed by atoms with Gasteiger partial charge in [0, 0.05) is 17.4 Å². The third-order valence-electron chi connectivity index (χ3n) is 7.49. The molecule has 5 atom stereocenters. The number of hydrogen-bond acceptors (Lipinski definition) is 2. The Bertz CT molecular complexity index is 439. The Morgan fingerprint density at radius 1 is 1.26 bits per heavy atom. The number of rotatable bonds is 2. The fraction of sp³-hybridized carbons (Fsp3) is 0.824. The Labute approximate surface area is 116 Å². The van der Waals surface area contributed by atoms with Crippen molar-refractivity contribution in [1.29, 1.82) is 0 Å². The van der Waals surface area contributed by atoms with Crippen molar-refractivity contribution in [1.82, 2.24) is 0 Å². The van der Waals surface area contributed by atoms with Gasteiger partial charge in [-0.3, -0.25) is 0 Å². The molecule has 3 aliphatic rings. The van der Waals surface area contributed by atoms with Crippen LogP contribution >= 0.6 is 0 Å². The Hall–Kier alpha value is -0.790. The molecule has 1 spiro atoms. The van der Waals surface area contributed by atoms with Gasteiger partial charge < -0.3 is 4.74 Å². The van der Waals surface area contributed by atoms with Gasteiger partial charge in [0.2, 0.25) is 0 Å². The first-order chi connectivity index (χ1) is 8.81. The van der Waals surface area contributed by atoms with Crippen molar-refractivity contribution in [2.75, 3.05) is 0 Å². The summed E-state index contributed by atoms with van der Waals surface area (Å²) in [4.78, 5) is 11.8. The highest BCUT2D eigenvalue weighted by molar-refractivity contribution is 5.81. The monoisotopic (exact) mass is 262 g/mol. The largest absolute Gasteiger partial charge is 0.458 e. The molecule has 2 bridgehead atoms. The van der Waals surface area contributed by atoms with Crippen molar-refractivity contribution in [3.8, 4) is 0 Å². The second-order valence-corrected chi connectivity index (χ2v) is 7.74. The van der Waals surface area contributed by atoms with E-state index in [1.54, 1.807) is 0 Å². The predicted molar refractivity (Wildman–Crippen MR) is 75.5 cm³/mol. The maximum absolute atomic E-state index is 11.8. The highest BCUT2D eigenvalue weighted by Crippen LogP contribution is 2.80. The van der Waals surface area contributed by atoms with Crippen LogP contribution in [0.15, 0.2) is 12.7 Å². The Morgan fingerprint density at radius 2 is 1.95 bits per heavy atom. The van der Waals surface area contributed by atoms with Crippen LogP contribution in [0, 0.1) is 28.1 Å². The van der Waals surface area contributed by atoms with E-state index < -0.39 is 0 Å². The maximum atomic E-state index is 11.8. The van der Waals surface area contributed by atoms with Crippen LogP contribution in [0.2, 0.25) is 0 Å². The number of hydrogen-bond donors (Lipinski definition) is 0. The van der Waals surface area contributed by atoms with Crippen LogP contribution in [0.5, 0.6) is 0 Å². The molecule has 3 aliphatic carbocycles. The van der Waals surface area contributed by atoms with Gasteiger partial charge in [-0.2, -0.15) is 0 Å². The molecule has 0 saturated heterocycles. The van der Waals surface area contributed by atoms with Crippen molar-refractivity contribution in [2.45, 2.75) is 59.5 Å². The minimum atomic E-state index is -0.240. The molecular formula is C17H26O2. The van der Waals surface area contributed by atoms with Crippen molar-refractivity contribution in [2.24, 2.45) is 28.1 Å². The van der Waals surface area contributed by atoms with Crippen LogP contribution in [-0.4, -0.2) is 12.1 Å². The van der Waals surface area contributed by atoms with Crippen LogP contribution in [0.25, 0.3) is 0 Å². The normalized spacial score (nSPS) is 50.0. The predicted octanol–water partition coefficient (Wildman–Crippen LogP) is 3.96. The molecule has 0 heterocycles. The Kier molecular flexibility index (Phi) is 2.54. The summed E-state index contributed by atoms with van der Waals surface area (Å²) >= 11 is 0. The van der Waals surface area contributed by atoms with E-state index in [1.165, 1.54) is 31.8 Å². The first kappa shape index (κ1) is 13.2. The summed E-state index contributed by atoms with van der Waals surface area (Å²) in [6, 6.07) is 0. The molecule has 2 nitrogen and oxygen atoms in total. The lowest BCUT2D eigenvalue weighted by Crippen LogP contribution is -2.57. The van der Waals surface area contributed by atoms with E-state index in [1.807, 2.05) is 0 Å². The first-order valence-electron chi connectivity index (χ1n) is 7.64. The lowest BCUT2D eigenvalue weighted by atomic mass is 9.45. The second kappa shape index (κ2) is 3.65. The molecular weight excluding hydrogens is 236 g/mol. The number of fused-ring (bicyclic) bond motifs is 3. The number of carbonyl (C=O) groups is 1. The molecule has 5 unspecified atom stereocenters. The van der Waals surface area contributed by atoms with Crippen molar-refractivity contribution in [3.63, 3.8) is 0 Å². The summed E-state index contributed by atoms with van der Waals surface area (Å²) in [7, 11) is 0. The van der Waals surface area contributed by atoms with E-state index in [-0.39, 0.29) is 22.9 Å². The van der Waals surface area contributed by atoms with Gasteiger partial charge in [-0.1, -0.05) is 34.3 Å². The molecule has 3 rings (SSSR count). The van der Waals surface area contributed by atoms with Crippen molar-refractivity contribution in [3.05, 3.63) is 12.7 Å². The summed E-state index contributed by atoms with van der Waals surface area (Å²) in [5.41, 5.74) is 0.806. The molecule has 2 heteroatoms. The summed E-state index contributed by atoms with van der Waals surface area (Å²) in [5.74, 6) is 0.948. The molecule has 0 aromatic carbocycles. The van der Waals surface area contributed by atoms with Crippen LogP contribution in [0.4, 0.5) is 0 Å². The first-order valence-corrected chi connectivity index (χ1v) is 7.64. The zero-order chi connectivity index (χ0) is 14.1. The van der Waals surface area contributed by atoms with Crippen LogP contribution < -0.4 is 0 Å². The summed E-state index contributed by atoms with van der Waals surface area (Å²) < 4.78 is 5.87. The highest BCUT2D eigenvalue weighted by atomic mass is 16.5. The minimum Gasteiger partial charge on any atom is -0.458 e. The van der Waals surface area contributed by atoms with E-state index in [0.29, 0.717) is 17.3 Å². The molecule has 106 valence electrons. The lowest BCUT2D eigenvalue weighted by molar-refractivity contribution is -0.187. The fourth-order valence-corrected chi connectivity index (χ4v) is 5.92. The van der Waals surface area contributed by atoms with Crippen molar-refractivity contribution < 1.29 is 9.53 Å². The van der Waals surface area contributed by atoms with Gasteiger partial charge in [0.05, 0.1) is 0 Å². The molecule has 3 saturated carbocycles. The molecule has 3 fully saturated rings. The molecule has 0 aromatic heterocycles. The van der Waals surface area contributed by atoms with Crippen LogP contribution in [0.3, 0.4) is 0 Å². The standard InChI is InChI=1S/C17H26O2/c1-6-13(18)19-14-12-8-9-16(5,15(12,3)4)17(14)10-7-11(17)2/h6,11-12,14H,1,7-10H2,2-5H3. The molecule has 0 aromatic rings. The van der Waals surface area contributed by atoms with Crippen LogP contribution in [-0.2, 0) is 9.53 Å². The average Bonchev–Trinajstić information content (AvgIpc) is 2.66. The van der Waals surface area contributed by atoms with Gasteiger partial charge in [-0.05, 0) is 42.4 Å². The minimum absolute atomic E-state index is 0.107. The van der Waals surface area contributed by atoms with E-state index in [0.717, 1.165) is 0 Å². The zero-order valence-electron chi connectivity index (χ0n) is 12.7. The average molecular weight is 262 g/mol. The quantitative estimate of drug-likeness (QED) is 0.556. The van der Waals surface area contributed by atoms with Gasteiger partial charge in [0.1, 0.15) is 6.10 Å². The van der Waals surface area contributed by atoms with Gasteiger partial charge in [0.25, 0.3) is 0 Å². The molecule has 19 heavy (non-hydrogen) atoms. The Morgan fingerprint density at radius 3 is 2.42 bits per heavy atom. The number of carbonyl (C=O) groups excluding carboxylic acids is 1. The molecule has 0 N–H and O–H groups in total. The van der Waals surface area contributed by atoms with Gasteiger partial charge in [-0.25, -0.2) is 4.79 Å². The molecule has 0 aliphatic heterocycles. The van der Waals surface area contributed by atoms with E-state index in [2.05, 4.69) is 34.3 Å². The summed E-state index contributed by atoms with van der Waals surface area (Å²) in [6.45, 7) is 13.1. The molecule has 0 radical (unpaired) electrons. The molecule has 0 amide bonds. The zero-order valence-corrected chi connectivity index (χ0v) is 12.7. The summed E-state index contributed by atoms with van der Waals surface area (Å²) in [6.07, 6.45) is 6.42. The van der Waals surface area contributed by atoms with E-state index in [4.69, 9.17) is 4.74 Å². The fourth-order valence-electron chi connectivity index (χ4n) is 5.92. The number of esters is 1. The number of ether oxygens (including phenoxy) is 1. The smallest absolute Gasteiger partial charge is 0.330 e. The summed E-state index contributed by atoms with van der Waals surface area (Å²) in [5, 5.41) is 0. The van der Waals surface area contributed by atoms with E-state index >= 15 is 0 Å².